The molecular weight excluding hydrogens is 751 g/mol. The predicted molar refractivity (Wildman–Crippen MR) is 247 cm³/mol. The molecule has 0 heterocycles. The van der Waals surface area contributed by atoms with Crippen molar-refractivity contribution in [1.82, 2.24) is 0 Å². The molecule has 0 unspecified atom stereocenters. The summed E-state index contributed by atoms with van der Waals surface area (Å²) >= 11 is 0. The van der Waals surface area contributed by atoms with Crippen LogP contribution in [0.4, 0.5) is 42.9 Å². The largest absolute Gasteiger partial charge is 0.310 e. The third-order valence-electron chi connectivity index (χ3n) is 12.7. The SMILES string of the molecule is Fc1cccc(N(c2ccccc2)c2ccc3c4c(ccc3c2)-c2ccc3cc(N(c5ccccc5)c5cccc(F)c5)ccc3c2C42c3ccccc3-c3ccccc32)c1. The van der Waals surface area contributed by atoms with Crippen molar-refractivity contribution in [2.24, 2.45) is 0 Å². The maximum atomic E-state index is 14.8. The lowest BCUT2D eigenvalue weighted by Gasteiger charge is -2.33. The van der Waals surface area contributed by atoms with Crippen LogP contribution in [0.3, 0.4) is 0 Å². The van der Waals surface area contributed by atoms with Crippen molar-refractivity contribution in [3.05, 3.63) is 252 Å². The first-order valence-corrected chi connectivity index (χ1v) is 20.6. The molecule has 2 aliphatic carbocycles. The molecule has 288 valence electrons. The zero-order valence-electron chi connectivity index (χ0n) is 32.9. The van der Waals surface area contributed by atoms with Crippen molar-refractivity contribution in [2.75, 3.05) is 9.80 Å². The Balaban J connectivity index is 1.12. The van der Waals surface area contributed by atoms with E-state index < -0.39 is 5.41 Å². The van der Waals surface area contributed by atoms with Crippen LogP contribution in [0.1, 0.15) is 22.3 Å². The fourth-order valence-corrected chi connectivity index (χ4v) is 10.3. The molecule has 0 aromatic heterocycles. The van der Waals surface area contributed by atoms with Crippen molar-refractivity contribution in [3.63, 3.8) is 0 Å². The molecule has 61 heavy (non-hydrogen) atoms. The number of halogens is 2. The van der Waals surface area contributed by atoms with Crippen molar-refractivity contribution >= 4 is 55.7 Å². The van der Waals surface area contributed by atoms with E-state index in [1.807, 2.05) is 48.5 Å². The maximum Gasteiger partial charge on any atom is 0.125 e. The van der Waals surface area contributed by atoms with Gasteiger partial charge in [-0.05, 0) is 151 Å². The monoisotopic (exact) mass is 786 g/mol. The molecule has 2 aliphatic rings. The second kappa shape index (κ2) is 13.6. The quantitative estimate of drug-likeness (QED) is 0.166. The van der Waals surface area contributed by atoms with Gasteiger partial charge in [0.05, 0.1) is 5.41 Å². The highest BCUT2D eigenvalue weighted by Gasteiger charge is 2.53. The molecule has 0 atom stereocenters. The van der Waals surface area contributed by atoms with Crippen LogP contribution in [-0.4, -0.2) is 0 Å². The zero-order valence-corrected chi connectivity index (χ0v) is 32.9. The molecule has 10 aromatic carbocycles. The number of hydrogen-bond acceptors (Lipinski definition) is 2. The summed E-state index contributed by atoms with van der Waals surface area (Å²) in [5.74, 6) is -0.562. The van der Waals surface area contributed by atoms with Gasteiger partial charge in [-0.3, -0.25) is 0 Å². The Morgan fingerprint density at radius 1 is 0.295 bits per heavy atom. The number of rotatable bonds is 6. The minimum absolute atomic E-state index is 0.281. The Labute approximate surface area is 352 Å². The van der Waals surface area contributed by atoms with E-state index >= 15 is 0 Å². The summed E-state index contributed by atoms with van der Waals surface area (Å²) in [4.78, 5) is 4.24. The molecule has 0 fully saturated rings. The Bertz CT molecular complexity index is 3130. The highest BCUT2D eigenvalue weighted by atomic mass is 19.1. The predicted octanol–water partition coefficient (Wildman–Crippen LogP) is 15.6. The first-order chi connectivity index (χ1) is 30.1. The lowest BCUT2D eigenvalue weighted by molar-refractivity contribution is 0.627. The first-order valence-electron chi connectivity index (χ1n) is 20.6. The molecule has 2 nitrogen and oxygen atoms in total. The van der Waals surface area contributed by atoms with Crippen LogP contribution in [0.5, 0.6) is 0 Å². The standard InChI is InChI=1S/C57H36F2N2/c58-39-13-11-19-43(35-39)60(41-15-3-1-4-16-41)45-27-31-47-37(33-45)25-29-51-52-30-26-38-34-46(61(42-17-5-2-6-18-42)44-20-12-14-40(59)36-44)28-32-48(38)56(52)57(55(47)51)53-23-9-7-21-49(53)50-22-8-10-24-54(50)57/h1-36H. The van der Waals surface area contributed by atoms with E-state index in [1.165, 1.54) is 67.4 Å². The molecule has 0 saturated carbocycles. The van der Waals surface area contributed by atoms with Crippen LogP contribution in [0.15, 0.2) is 218 Å². The van der Waals surface area contributed by atoms with Crippen molar-refractivity contribution < 1.29 is 8.78 Å². The third kappa shape index (κ3) is 5.25. The van der Waals surface area contributed by atoms with Gasteiger partial charge in [0.1, 0.15) is 11.6 Å². The molecule has 12 rings (SSSR count). The molecule has 0 bridgehead atoms. The number of nitrogens with zero attached hydrogens (tertiary/aromatic N) is 2. The maximum absolute atomic E-state index is 14.8. The van der Waals surface area contributed by atoms with Crippen molar-refractivity contribution in [1.29, 1.82) is 0 Å². The molecule has 0 saturated heterocycles. The van der Waals surface area contributed by atoms with E-state index in [0.717, 1.165) is 44.9 Å². The molecule has 1 spiro atoms. The number of hydrogen-bond donors (Lipinski definition) is 0. The summed E-state index contributed by atoms with van der Waals surface area (Å²) in [5.41, 5.74) is 14.6. The van der Waals surface area contributed by atoms with Gasteiger partial charge in [0.15, 0.2) is 0 Å². The summed E-state index contributed by atoms with van der Waals surface area (Å²) in [6, 6.07) is 74.1. The van der Waals surface area contributed by atoms with Gasteiger partial charge < -0.3 is 9.80 Å². The van der Waals surface area contributed by atoms with Gasteiger partial charge in [-0.1, -0.05) is 133 Å². The number of para-hydroxylation sites is 2. The Kier molecular flexibility index (Phi) is 7.85. The van der Waals surface area contributed by atoms with Gasteiger partial charge >= 0.3 is 0 Å². The highest BCUT2D eigenvalue weighted by Crippen LogP contribution is 2.65. The molecular formula is C57H36F2N2. The fourth-order valence-electron chi connectivity index (χ4n) is 10.3. The van der Waals surface area contributed by atoms with Crippen LogP contribution in [0.2, 0.25) is 0 Å². The second-order valence-electron chi connectivity index (χ2n) is 15.9. The average Bonchev–Trinajstić information content (AvgIpc) is 3.77. The van der Waals surface area contributed by atoms with E-state index in [1.54, 1.807) is 24.3 Å². The smallest absolute Gasteiger partial charge is 0.125 e. The molecule has 10 aromatic rings. The van der Waals surface area contributed by atoms with Gasteiger partial charge in [-0.25, -0.2) is 8.78 Å². The van der Waals surface area contributed by atoms with Crippen LogP contribution < -0.4 is 9.80 Å². The van der Waals surface area contributed by atoms with Gasteiger partial charge in [0.2, 0.25) is 0 Å². The summed E-state index contributed by atoms with van der Waals surface area (Å²) in [5, 5.41) is 4.54. The third-order valence-corrected chi connectivity index (χ3v) is 12.7. The minimum atomic E-state index is -0.622. The topological polar surface area (TPSA) is 6.48 Å². The Morgan fingerprint density at radius 3 is 1.13 bits per heavy atom. The number of fused-ring (bicyclic) bond motifs is 14. The Morgan fingerprint density at radius 2 is 0.689 bits per heavy atom. The lowest BCUT2D eigenvalue weighted by atomic mass is 9.68. The summed E-state index contributed by atoms with van der Waals surface area (Å²) in [7, 11) is 0. The van der Waals surface area contributed by atoms with E-state index in [2.05, 4.69) is 143 Å². The summed E-state index contributed by atoms with van der Waals surface area (Å²) < 4.78 is 29.6. The second-order valence-corrected chi connectivity index (χ2v) is 15.9. The molecule has 0 aliphatic heterocycles. The van der Waals surface area contributed by atoms with Gasteiger partial charge in [-0.15, -0.1) is 0 Å². The highest BCUT2D eigenvalue weighted by molar-refractivity contribution is 6.10. The van der Waals surface area contributed by atoms with Gasteiger partial charge in [-0.2, -0.15) is 0 Å². The van der Waals surface area contributed by atoms with E-state index in [-0.39, 0.29) is 11.6 Å². The van der Waals surface area contributed by atoms with Crippen LogP contribution in [0.25, 0.3) is 43.8 Å². The molecule has 0 N–H and O–H groups in total. The average molecular weight is 787 g/mol. The number of anilines is 6. The first kappa shape index (κ1) is 35.2. The van der Waals surface area contributed by atoms with Crippen molar-refractivity contribution in [3.8, 4) is 22.3 Å². The van der Waals surface area contributed by atoms with E-state index in [4.69, 9.17) is 0 Å². The zero-order chi connectivity index (χ0) is 40.7. The fraction of sp³-hybridized carbons (Fsp3) is 0.0175. The van der Waals surface area contributed by atoms with Gasteiger partial charge in [0, 0.05) is 34.1 Å². The number of benzene rings is 10. The Hall–Kier alpha value is -7.82. The normalized spacial score (nSPS) is 12.9. The van der Waals surface area contributed by atoms with Crippen LogP contribution in [-0.2, 0) is 5.41 Å². The van der Waals surface area contributed by atoms with Gasteiger partial charge in [0.25, 0.3) is 0 Å². The molecule has 0 amide bonds. The molecule has 0 radical (unpaired) electrons. The summed E-state index contributed by atoms with van der Waals surface area (Å²) in [6.45, 7) is 0. The van der Waals surface area contributed by atoms with E-state index in [9.17, 15) is 8.78 Å². The van der Waals surface area contributed by atoms with Crippen LogP contribution >= 0.6 is 0 Å². The minimum Gasteiger partial charge on any atom is -0.310 e. The van der Waals surface area contributed by atoms with E-state index in [0.29, 0.717) is 0 Å². The van der Waals surface area contributed by atoms with Crippen LogP contribution in [0, 0.1) is 11.6 Å². The summed E-state index contributed by atoms with van der Waals surface area (Å²) in [6.07, 6.45) is 0. The van der Waals surface area contributed by atoms with Crippen molar-refractivity contribution in [2.45, 2.75) is 5.41 Å². The lowest BCUT2D eigenvalue weighted by Crippen LogP contribution is -2.26. The molecule has 4 heteroatoms.